The largest absolute Gasteiger partial charge is 0.395 e. The Bertz CT molecular complexity index is 716. The number of aliphatic hydroxyl groups is 2. The first-order valence-corrected chi connectivity index (χ1v) is 10.4. The van der Waals surface area contributed by atoms with Crippen LogP contribution in [0, 0.1) is 0 Å². The van der Waals surface area contributed by atoms with Gasteiger partial charge in [-0.3, -0.25) is 20.0 Å². The lowest BCUT2D eigenvalue weighted by Crippen LogP contribution is -2.21. The Hall–Kier alpha value is -2.52. The number of hydrogen-bond acceptors (Lipinski definition) is 8. The normalized spacial score (nSPS) is 11.7. The zero-order chi connectivity index (χ0) is 21.3. The average molecular weight is 413 g/mol. The van der Waals surface area contributed by atoms with Crippen LogP contribution in [0.15, 0.2) is 46.4 Å². The van der Waals surface area contributed by atoms with Crippen molar-refractivity contribution in [2.45, 2.75) is 12.8 Å². The molecule has 2 rings (SSSR count). The van der Waals surface area contributed by atoms with E-state index in [9.17, 15) is 0 Å². The van der Waals surface area contributed by atoms with Gasteiger partial charge in [0.1, 0.15) is 0 Å². The van der Waals surface area contributed by atoms with Gasteiger partial charge >= 0.3 is 0 Å². The van der Waals surface area contributed by atoms with Crippen LogP contribution in [0.2, 0.25) is 0 Å². The number of aliphatic imine (C=N–C) groups is 2. The molecule has 0 saturated carbocycles. The summed E-state index contributed by atoms with van der Waals surface area (Å²) in [5.74, 6) is 0. The van der Waals surface area contributed by atoms with E-state index >= 15 is 0 Å². The minimum absolute atomic E-state index is 0.140. The predicted octanol–water partition coefficient (Wildman–Crippen LogP) is 0.263. The maximum Gasteiger partial charge on any atom is 0.0811 e. The first kappa shape index (κ1) is 23.8. The summed E-state index contributed by atoms with van der Waals surface area (Å²) >= 11 is 0. The molecule has 0 amide bonds. The number of aliphatic hydroxyl groups excluding tert-OH is 2. The van der Waals surface area contributed by atoms with E-state index < -0.39 is 0 Å². The maximum atomic E-state index is 8.72. The van der Waals surface area contributed by atoms with Gasteiger partial charge in [-0.2, -0.15) is 0 Å². The lowest BCUT2D eigenvalue weighted by molar-refractivity contribution is 0.293. The van der Waals surface area contributed by atoms with Crippen molar-refractivity contribution in [3.63, 3.8) is 0 Å². The Labute approximate surface area is 178 Å². The second kappa shape index (κ2) is 15.3. The Kier molecular flexibility index (Phi) is 12.1. The van der Waals surface area contributed by atoms with Crippen molar-refractivity contribution in [3.8, 4) is 0 Å². The highest BCUT2D eigenvalue weighted by molar-refractivity contribution is 5.77. The number of nitrogens with one attached hydrogen (secondary N) is 2. The van der Waals surface area contributed by atoms with E-state index in [0.29, 0.717) is 26.2 Å². The number of aryl methyl sites for hydroxylation is 2. The zero-order valence-electron chi connectivity index (χ0n) is 17.4. The summed E-state index contributed by atoms with van der Waals surface area (Å²) in [6.45, 7) is 4.24. The van der Waals surface area contributed by atoms with Crippen LogP contribution < -0.4 is 10.6 Å². The summed E-state index contributed by atoms with van der Waals surface area (Å²) in [5, 5.41) is 23.6. The fourth-order valence-electron chi connectivity index (χ4n) is 2.69. The number of hydrogen-bond donors (Lipinski definition) is 4. The number of nitrogens with zero attached hydrogens (tertiary/aromatic N) is 4. The van der Waals surface area contributed by atoms with Crippen molar-refractivity contribution in [2.75, 3.05) is 52.5 Å². The number of aromatic nitrogens is 2. The van der Waals surface area contributed by atoms with Crippen LogP contribution in [0.4, 0.5) is 0 Å². The second-order valence-corrected chi connectivity index (χ2v) is 6.63. The first-order chi connectivity index (χ1) is 14.8. The molecule has 162 valence electrons. The van der Waals surface area contributed by atoms with Crippen molar-refractivity contribution in [1.29, 1.82) is 0 Å². The van der Waals surface area contributed by atoms with E-state index in [2.05, 4.69) is 30.6 Å². The highest BCUT2D eigenvalue weighted by atomic mass is 16.3. The van der Waals surface area contributed by atoms with E-state index in [1.165, 1.54) is 0 Å². The van der Waals surface area contributed by atoms with E-state index in [1.54, 1.807) is 12.4 Å². The third kappa shape index (κ3) is 10.3. The van der Waals surface area contributed by atoms with Crippen LogP contribution in [0.3, 0.4) is 0 Å². The third-order valence-corrected chi connectivity index (χ3v) is 4.15. The van der Waals surface area contributed by atoms with E-state index in [-0.39, 0.29) is 13.2 Å². The lowest BCUT2D eigenvalue weighted by atomic mass is 10.1. The Balaban J connectivity index is 1.79. The molecular weight excluding hydrogens is 380 g/mol. The molecule has 0 aromatic carbocycles. The van der Waals surface area contributed by atoms with Crippen molar-refractivity contribution in [1.82, 2.24) is 20.6 Å². The molecule has 0 spiro atoms. The molecule has 8 heteroatoms. The predicted molar refractivity (Wildman–Crippen MR) is 121 cm³/mol. The van der Waals surface area contributed by atoms with Crippen LogP contribution >= 0.6 is 0 Å². The van der Waals surface area contributed by atoms with Gasteiger partial charge in [-0.1, -0.05) is 12.1 Å². The monoisotopic (exact) mass is 412 g/mol. The molecule has 2 heterocycles. The number of pyridine rings is 2. The fourth-order valence-corrected chi connectivity index (χ4v) is 2.69. The highest BCUT2D eigenvalue weighted by Gasteiger charge is 2.01. The van der Waals surface area contributed by atoms with E-state index in [1.807, 2.05) is 36.4 Å². The molecule has 0 unspecified atom stereocenters. The zero-order valence-corrected chi connectivity index (χ0v) is 17.4. The van der Waals surface area contributed by atoms with Gasteiger partial charge in [0.25, 0.3) is 0 Å². The van der Waals surface area contributed by atoms with Gasteiger partial charge in [0.15, 0.2) is 0 Å². The lowest BCUT2D eigenvalue weighted by Gasteiger charge is -2.04. The van der Waals surface area contributed by atoms with Crippen molar-refractivity contribution < 1.29 is 10.2 Å². The van der Waals surface area contributed by atoms with Gasteiger partial charge in [0, 0.05) is 50.0 Å². The SMILES string of the molecule is OCCNCCN=Cc1cccc(CCc2cccc(C=NCCNCCO)n2)n1. The van der Waals surface area contributed by atoms with Gasteiger partial charge in [0.05, 0.1) is 37.7 Å². The van der Waals surface area contributed by atoms with Gasteiger partial charge in [-0.15, -0.1) is 0 Å². The fraction of sp³-hybridized carbons (Fsp3) is 0.455. The van der Waals surface area contributed by atoms with Gasteiger partial charge in [-0.25, -0.2) is 0 Å². The first-order valence-electron chi connectivity index (χ1n) is 10.4. The summed E-state index contributed by atoms with van der Waals surface area (Å²) in [5.41, 5.74) is 3.71. The Morgan fingerprint density at radius 3 is 1.60 bits per heavy atom. The minimum Gasteiger partial charge on any atom is -0.395 e. The molecule has 0 aliphatic carbocycles. The second-order valence-electron chi connectivity index (χ2n) is 6.63. The number of rotatable bonds is 15. The van der Waals surface area contributed by atoms with Crippen LogP contribution in [0.5, 0.6) is 0 Å². The summed E-state index contributed by atoms with van der Waals surface area (Å²) in [4.78, 5) is 18.0. The van der Waals surface area contributed by atoms with Crippen molar-refractivity contribution >= 4 is 12.4 Å². The molecule has 0 saturated heterocycles. The smallest absolute Gasteiger partial charge is 0.0811 e. The molecule has 0 aliphatic rings. The van der Waals surface area contributed by atoms with Crippen LogP contribution in [0.25, 0.3) is 0 Å². The highest BCUT2D eigenvalue weighted by Crippen LogP contribution is 2.05. The van der Waals surface area contributed by atoms with Crippen molar-refractivity contribution in [3.05, 3.63) is 59.2 Å². The van der Waals surface area contributed by atoms with Gasteiger partial charge < -0.3 is 20.8 Å². The molecule has 2 aromatic heterocycles. The molecule has 4 N–H and O–H groups in total. The van der Waals surface area contributed by atoms with Crippen LogP contribution in [-0.4, -0.2) is 85.1 Å². The van der Waals surface area contributed by atoms with Crippen molar-refractivity contribution in [2.24, 2.45) is 9.98 Å². The molecule has 0 aliphatic heterocycles. The van der Waals surface area contributed by atoms with E-state index in [0.717, 1.165) is 48.7 Å². The topological polar surface area (TPSA) is 115 Å². The molecule has 0 atom stereocenters. The molecule has 30 heavy (non-hydrogen) atoms. The Morgan fingerprint density at radius 1 is 0.700 bits per heavy atom. The molecule has 8 nitrogen and oxygen atoms in total. The summed E-state index contributed by atoms with van der Waals surface area (Å²) in [7, 11) is 0. The summed E-state index contributed by atoms with van der Waals surface area (Å²) in [6, 6.07) is 11.9. The molecule has 0 fully saturated rings. The van der Waals surface area contributed by atoms with Crippen LogP contribution in [0.1, 0.15) is 22.8 Å². The minimum atomic E-state index is 0.140. The summed E-state index contributed by atoms with van der Waals surface area (Å²) < 4.78 is 0. The average Bonchev–Trinajstić information content (AvgIpc) is 2.78. The standard InChI is InChI=1S/C22H32N6O2/c29-15-13-23-9-11-25-17-21-5-1-3-19(27-21)7-8-20-4-2-6-22(28-20)18-26-12-10-24-14-16-30/h1-6,17-18,23-24,29-30H,7-16H2. The third-order valence-electron chi connectivity index (χ3n) is 4.15. The molecule has 2 aromatic rings. The molecular formula is C22H32N6O2. The Morgan fingerprint density at radius 2 is 1.17 bits per heavy atom. The van der Waals surface area contributed by atoms with Gasteiger partial charge in [0.2, 0.25) is 0 Å². The van der Waals surface area contributed by atoms with Crippen LogP contribution in [-0.2, 0) is 12.8 Å². The van der Waals surface area contributed by atoms with Gasteiger partial charge in [-0.05, 0) is 37.1 Å². The van der Waals surface area contributed by atoms with E-state index in [4.69, 9.17) is 10.2 Å². The maximum absolute atomic E-state index is 8.72. The molecule has 0 bridgehead atoms. The summed E-state index contributed by atoms with van der Waals surface area (Å²) in [6.07, 6.45) is 5.18. The molecule has 0 radical (unpaired) electrons. The quantitative estimate of drug-likeness (QED) is 0.246.